The van der Waals surface area contributed by atoms with E-state index in [4.69, 9.17) is 11.6 Å². The van der Waals surface area contributed by atoms with E-state index in [1.807, 2.05) is 31.2 Å². The van der Waals surface area contributed by atoms with Crippen LogP contribution in [0, 0.1) is 6.92 Å². The van der Waals surface area contributed by atoms with Gasteiger partial charge in [0.05, 0.1) is 11.4 Å². The van der Waals surface area contributed by atoms with Crippen molar-refractivity contribution in [1.82, 2.24) is 15.0 Å². The van der Waals surface area contributed by atoms with Crippen molar-refractivity contribution in [2.24, 2.45) is 0 Å². The van der Waals surface area contributed by atoms with Gasteiger partial charge in [0.1, 0.15) is 9.88 Å². The molecule has 6 nitrogen and oxygen atoms in total. The van der Waals surface area contributed by atoms with Crippen molar-refractivity contribution in [2.75, 3.05) is 0 Å². The van der Waals surface area contributed by atoms with E-state index < -0.39 is 10.0 Å². The Balaban J connectivity index is 1.61. The van der Waals surface area contributed by atoms with Crippen LogP contribution in [0.15, 0.2) is 48.5 Å². The minimum absolute atomic E-state index is 0.0780. The summed E-state index contributed by atoms with van der Waals surface area (Å²) >= 11 is 7.27. The van der Waals surface area contributed by atoms with E-state index in [0.29, 0.717) is 27.7 Å². The number of amides is 1. The summed E-state index contributed by atoms with van der Waals surface area (Å²) in [6, 6.07) is 14.4. The molecule has 1 aromatic heterocycles. The number of aryl methyl sites for hydroxylation is 1. The monoisotopic (exact) mass is 477 g/mol. The second-order valence-corrected chi connectivity index (χ2v) is 10.7. The summed E-state index contributed by atoms with van der Waals surface area (Å²) in [7, 11) is -3.37. The average Bonchev–Trinajstić information content (AvgIpc) is 3.08. The molecule has 9 heteroatoms. The largest absolute Gasteiger partial charge is 0.347 e. The molecule has 164 valence electrons. The Morgan fingerprint density at radius 3 is 2.29 bits per heavy atom. The molecule has 3 aromatic rings. The zero-order chi connectivity index (χ0) is 22.6. The van der Waals surface area contributed by atoms with Crippen LogP contribution in [0.3, 0.4) is 0 Å². The number of halogens is 1. The van der Waals surface area contributed by atoms with Crippen LogP contribution < -0.4 is 10.0 Å². The molecular weight excluding hydrogens is 454 g/mol. The first kappa shape index (κ1) is 23.4. The summed E-state index contributed by atoms with van der Waals surface area (Å²) in [4.78, 5) is 17.7. The number of nitrogens with one attached hydrogen (secondary N) is 2. The Kier molecular flexibility index (Phi) is 7.48. The lowest BCUT2D eigenvalue weighted by Gasteiger charge is -2.10. The number of hydrogen-bond acceptors (Lipinski definition) is 5. The van der Waals surface area contributed by atoms with Crippen molar-refractivity contribution in [3.8, 4) is 10.6 Å². The van der Waals surface area contributed by atoms with Gasteiger partial charge < -0.3 is 5.32 Å². The molecule has 0 atom stereocenters. The molecule has 1 amide bonds. The Labute approximate surface area is 191 Å². The minimum atomic E-state index is -3.37. The highest BCUT2D eigenvalue weighted by atomic mass is 35.5. The molecule has 3 rings (SSSR count). The lowest BCUT2D eigenvalue weighted by Crippen LogP contribution is -2.31. The summed E-state index contributed by atoms with van der Waals surface area (Å²) in [5, 5.41) is 4.32. The fourth-order valence-corrected chi connectivity index (χ4v) is 5.51. The third-order valence-corrected chi connectivity index (χ3v) is 7.34. The number of thiazole rings is 1. The highest BCUT2D eigenvalue weighted by Gasteiger charge is 2.16. The van der Waals surface area contributed by atoms with Crippen LogP contribution in [0.1, 0.15) is 40.3 Å². The highest BCUT2D eigenvalue weighted by molar-refractivity contribution is 7.88. The van der Waals surface area contributed by atoms with Crippen LogP contribution in [-0.2, 0) is 22.3 Å². The molecule has 0 aliphatic rings. The molecular formula is C22H24ClN3O3S2. The Bertz CT molecular complexity index is 1160. The first-order valence-electron chi connectivity index (χ1n) is 9.72. The number of aromatic nitrogens is 1. The topological polar surface area (TPSA) is 88.2 Å². The number of sulfonamides is 1. The number of nitrogens with zero attached hydrogens (tertiary/aromatic N) is 1. The van der Waals surface area contributed by atoms with Gasteiger partial charge in [-0.05, 0) is 44.0 Å². The number of rotatable bonds is 8. The lowest BCUT2D eigenvalue weighted by molar-refractivity contribution is 0.0954. The van der Waals surface area contributed by atoms with Gasteiger partial charge in [-0.3, -0.25) is 4.79 Å². The Morgan fingerprint density at radius 1 is 1.06 bits per heavy atom. The van der Waals surface area contributed by atoms with Crippen LogP contribution in [-0.4, -0.2) is 25.4 Å². The van der Waals surface area contributed by atoms with E-state index in [1.165, 1.54) is 11.3 Å². The first-order valence-corrected chi connectivity index (χ1v) is 12.6. The van der Waals surface area contributed by atoms with Gasteiger partial charge in [0.15, 0.2) is 0 Å². The Morgan fingerprint density at radius 2 is 1.68 bits per heavy atom. The van der Waals surface area contributed by atoms with Crippen molar-refractivity contribution in [1.29, 1.82) is 0 Å². The Hall–Kier alpha value is -2.26. The highest BCUT2D eigenvalue weighted by Crippen LogP contribution is 2.28. The van der Waals surface area contributed by atoms with E-state index in [9.17, 15) is 13.2 Å². The fraction of sp³-hybridized carbons (Fsp3) is 0.273. The average molecular weight is 478 g/mol. The molecule has 1 heterocycles. The maximum absolute atomic E-state index is 12.6. The second kappa shape index (κ2) is 9.91. The van der Waals surface area contributed by atoms with Gasteiger partial charge in [-0.25, -0.2) is 18.1 Å². The number of carbonyl (C=O) groups excluding carboxylic acids is 1. The third-order valence-electron chi connectivity index (χ3n) is 4.34. The molecule has 0 aliphatic carbocycles. The SMILES string of the molecule is Cc1nc(-c2ccc(Cl)cc2)sc1C(=O)NCc1ccc(CS(=O)(=O)NC(C)C)cc1. The number of hydrogen-bond donors (Lipinski definition) is 2. The van der Waals surface area contributed by atoms with Gasteiger partial charge in [0, 0.05) is 23.2 Å². The van der Waals surface area contributed by atoms with Crippen LogP contribution in [0.2, 0.25) is 5.02 Å². The maximum Gasteiger partial charge on any atom is 0.263 e. The van der Waals surface area contributed by atoms with E-state index in [0.717, 1.165) is 16.1 Å². The van der Waals surface area contributed by atoms with Crippen LogP contribution in [0.4, 0.5) is 0 Å². The molecule has 0 bridgehead atoms. The zero-order valence-electron chi connectivity index (χ0n) is 17.5. The first-order chi connectivity index (χ1) is 14.6. The smallest absolute Gasteiger partial charge is 0.263 e. The van der Waals surface area contributed by atoms with E-state index in [1.54, 1.807) is 38.1 Å². The van der Waals surface area contributed by atoms with Crippen LogP contribution >= 0.6 is 22.9 Å². The number of carbonyl (C=O) groups is 1. The molecule has 0 aliphatic heterocycles. The molecule has 2 N–H and O–H groups in total. The van der Waals surface area contributed by atoms with Crippen molar-refractivity contribution in [2.45, 2.75) is 39.1 Å². The standard InChI is InChI=1S/C22H24ClN3O3S2/c1-14(2)26-31(28,29)13-17-6-4-16(5-7-17)12-24-21(27)20-15(3)25-22(30-20)18-8-10-19(23)11-9-18/h4-11,14,26H,12-13H2,1-3H3,(H,24,27). The molecule has 0 saturated carbocycles. The molecule has 31 heavy (non-hydrogen) atoms. The predicted molar refractivity (Wildman–Crippen MR) is 126 cm³/mol. The van der Waals surface area contributed by atoms with E-state index in [-0.39, 0.29) is 17.7 Å². The van der Waals surface area contributed by atoms with Crippen molar-refractivity contribution >= 4 is 38.9 Å². The summed E-state index contributed by atoms with van der Waals surface area (Å²) in [6.07, 6.45) is 0. The normalized spacial score (nSPS) is 11.6. The fourth-order valence-electron chi connectivity index (χ4n) is 2.96. The summed E-state index contributed by atoms with van der Waals surface area (Å²) < 4.78 is 26.6. The van der Waals surface area contributed by atoms with Gasteiger partial charge in [-0.15, -0.1) is 11.3 Å². The molecule has 0 saturated heterocycles. The summed E-state index contributed by atoms with van der Waals surface area (Å²) in [5.41, 5.74) is 3.15. The van der Waals surface area contributed by atoms with E-state index in [2.05, 4.69) is 15.0 Å². The minimum Gasteiger partial charge on any atom is -0.347 e. The van der Waals surface area contributed by atoms with Gasteiger partial charge >= 0.3 is 0 Å². The maximum atomic E-state index is 12.6. The van der Waals surface area contributed by atoms with Crippen molar-refractivity contribution in [3.63, 3.8) is 0 Å². The van der Waals surface area contributed by atoms with Gasteiger partial charge in [0.25, 0.3) is 5.91 Å². The van der Waals surface area contributed by atoms with Crippen molar-refractivity contribution < 1.29 is 13.2 Å². The second-order valence-electron chi connectivity index (χ2n) is 7.47. The molecule has 0 unspecified atom stereocenters. The quantitative estimate of drug-likeness (QED) is 0.499. The third kappa shape index (κ3) is 6.61. The summed E-state index contributed by atoms with van der Waals surface area (Å²) in [5.74, 6) is -0.270. The molecule has 0 radical (unpaired) electrons. The van der Waals surface area contributed by atoms with E-state index >= 15 is 0 Å². The van der Waals surface area contributed by atoms with Crippen LogP contribution in [0.5, 0.6) is 0 Å². The van der Waals surface area contributed by atoms with Gasteiger partial charge in [-0.1, -0.05) is 48.0 Å². The van der Waals surface area contributed by atoms with Crippen LogP contribution in [0.25, 0.3) is 10.6 Å². The lowest BCUT2D eigenvalue weighted by atomic mass is 10.1. The molecule has 0 spiro atoms. The molecule has 0 fully saturated rings. The molecule has 2 aromatic carbocycles. The van der Waals surface area contributed by atoms with Gasteiger partial charge in [-0.2, -0.15) is 0 Å². The summed E-state index contributed by atoms with van der Waals surface area (Å²) in [6.45, 7) is 5.72. The predicted octanol–water partition coefficient (Wildman–Crippen LogP) is 4.53. The van der Waals surface area contributed by atoms with Crippen molar-refractivity contribution in [3.05, 3.63) is 75.3 Å². The van der Waals surface area contributed by atoms with Gasteiger partial charge in [0.2, 0.25) is 10.0 Å². The zero-order valence-corrected chi connectivity index (χ0v) is 19.9. The number of benzene rings is 2.